The van der Waals surface area contributed by atoms with E-state index in [0.29, 0.717) is 37.5 Å². The van der Waals surface area contributed by atoms with Crippen molar-refractivity contribution in [3.63, 3.8) is 0 Å². The molecule has 8 nitrogen and oxygen atoms in total. The number of aryl methyl sites for hydroxylation is 2. The SMILES string of the molecule is Cc1ccccc1NC(=O)CCc1nnc2ccc(N3CCOCC3)nn12. The monoisotopic (exact) mass is 366 g/mol. The third-order valence-corrected chi connectivity index (χ3v) is 4.64. The van der Waals surface area contributed by atoms with Crippen LogP contribution in [0.2, 0.25) is 0 Å². The van der Waals surface area contributed by atoms with Crippen LogP contribution in [0.4, 0.5) is 11.5 Å². The van der Waals surface area contributed by atoms with Crippen molar-refractivity contribution < 1.29 is 9.53 Å². The summed E-state index contributed by atoms with van der Waals surface area (Å²) in [7, 11) is 0. The van der Waals surface area contributed by atoms with Crippen LogP contribution in [0.3, 0.4) is 0 Å². The molecule has 140 valence electrons. The van der Waals surface area contributed by atoms with Gasteiger partial charge in [0.1, 0.15) is 5.82 Å². The predicted molar refractivity (Wildman–Crippen MR) is 102 cm³/mol. The standard InChI is InChI=1S/C19H22N6O2/c1-14-4-2-3-5-15(14)20-19(26)9-8-17-22-21-16-6-7-18(23-25(16)17)24-10-12-27-13-11-24/h2-7H,8-13H2,1H3,(H,20,26). The summed E-state index contributed by atoms with van der Waals surface area (Å²) in [5.41, 5.74) is 2.55. The van der Waals surface area contributed by atoms with Crippen LogP contribution in [0.15, 0.2) is 36.4 Å². The number of nitrogens with zero attached hydrogens (tertiary/aromatic N) is 5. The molecule has 1 aliphatic rings. The third kappa shape index (κ3) is 3.90. The van der Waals surface area contributed by atoms with Gasteiger partial charge in [0.25, 0.3) is 0 Å². The van der Waals surface area contributed by atoms with Crippen LogP contribution >= 0.6 is 0 Å². The molecule has 8 heteroatoms. The van der Waals surface area contributed by atoms with Gasteiger partial charge in [-0.2, -0.15) is 4.52 Å². The van der Waals surface area contributed by atoms with Gasteiger partial charge in [-0.3, -0.25) is 4.79 Å². The molecule has 4 rings (SSSR count). The molecule has 0 aliphatic carbocycles. The van der Waals surface area contributed by atoms with Gasteiger partial charge in [-0.15, -0.1) is 15.3 Å². The minimum Gasteiger partial charge on any atom is -0.378 e. The van der Waals surface area contributed by atoms with E-state index in [0.717, 1.165) is 30.2 Å². The van der Waals surface area contributed by atoms with Gasteiger partial charge in [-0.05, 0) is 30.7 Å². The van der Waals surface area contributed by atoms with Crippen LogP contribution in [0, 0.1) is 6.92 Å². The van der Waals surface area contributed by atoms with E-state index in [1.165, 1.54) is 0 Å². The van der Waals surface area contributed by atoms with E-state index in [-0.39, 0.29) is 5.91 Å². The van der Waals surface area contributed by atoms with Crippen molar-refractivity contribution in [1.82, 2.24) is 19.8 Å². The van der Waals surface area contributed by atoms with E-state index in [9.17, 15) is 4.79 Å². The molecule has 1 aliphatic heterocycles. The zero-order valence-electron chi connectivity index (χ0n) is 15.3. The molecule has 1 N–H and O–H groups in total. The van der Waals surface area contributed by atoms with Crippen LogP contribution in [0.1, 0.15) is 17.8 Å². The molecule has 3 aromatic rings. The van der Waals surface area contributed by atoms with Crippen LogP contribution in [0.25, 0.3) is 5.65 Å². The Morgan fingerprint density at radius 2 is 1.96 bits per heavy atom. The van der Waals surface area contributed by atoms with Crippen LogP contribution < -0.4 is 10.2 Å². The smallest absolute Gasteiger partial charge is 0.224 e. The summed E-state index contributed by atoms with van der Waals surface area (Å²) in [6.07, 6.45) is 0.789. The number of nitrogens with one attached hydrogen (secondary N) is 1. The van der Waals surface area contributed by atoms with Crippen molar-refractivity contribution in [2.75, 3.05) is 36.5 Å². The summed E-state index contributed by atoms with van der Waals surface area (Å²) in [6.45, 7) is 5.00. The maximum atomic E-state index is 12.3. The van der Waals surface area contributed by atoms with Crippen molar-refractivity contribution in [2.45, 2.75) is 19.8 Å². The summed E-state index contributed by atoms with van der Waals surface area (Å²) in [6, 6.07) is 11.6. The minimum atomic E-state index is -0.0506. The summed E-state index contributed by atoms with van der Waals surface area (Å²) < 4.78 is 7.12. The molecule has 2 aromatic heterocycles. The molecule has 1 saturated heterocycles. The van der Waals surface area contributed by atoms with E-state index in [4.69, 9.17) is 4.74 Å². The topological polar surface area (TPSA) is 84.7 Å². The lowest BCUT2D eigenvalue weighted by Crippen LogP contribution is -2.37. The molecule has 0 unspecified atom stereocenters. The average molecular weight is 366 g/mol. The van der Waals surface area contributed by atoms with E-state index < -0.39 is 0 Å². The number of amides is 1. The Hall–Kier alpha value is -3.00. The van der Waals surface area contributed by atoms with Gasteiger partial charge in [0.05, 0.1) is 13.2 Å². The number of hydrogen-bond acceptors (Lipinski definition) is 6. The Balaban J connectivity index is 1.45. The van der Waals surface area contributed by atoms with Crippen molar-refractivity contribution in [3.8, 4) is 0 Å². The van der Waals surface area contributed by atoms with Crippen LogP contribution in [-0.2, 0) is 16.0 Å². The Bertz CT molecular complexity index is 948. The van der Waals surface area contributed by atoms with Crippen molar-refractivity contribution in [1.29, 1.82) is 0 Å². The van der Waals surface area contributed by atoms with Gasteiger partial charge in [-0.25, -0.2) is 0 Å². The van der Waals surface area contributed by atoms with Crippen molar-refractivity contribution >= 4 is 23.1 Å². The van der Waals surface area contributed by atoms with Gasteiger partial charge in [0.2, 0.25) is 5.91 Å². The van der Waals surface area contributed by atoms with Crippen molar-refractivity contribution in [3.05, 3.63) is 47.8 Å². The lowest BCUT2D eigenvalue weighted by atomic mass is 10.2. The Labute approximate surface area is 157 Å². The number of carbonyl (C=O) groups is 1. The summed E-state index contributed by atoms with van der Waals surface area (Å²) >= 11 is 0. The van der Waals surface area contributed by atoms with E-state index >= 15 is 0 Å². The number of morpholine rings is 1. The second kappa shape index (κ2) is 7.71. The predicted octanol–water partition coefficient (Wildman–Crippen LogP) is 1.84. The first-order valence-corrected chi connectivity index (χ1v) is 9.10. The number of ether oxygens (including phenoxy) is 1. The molecule has 1 aromatic carbocycles. The Kier molecular flexibility index (Phi) is 4.97. The number of carbonyl (C=O) groups excluding carboxylic acids is 1. The highest BCUT2D eigenvalue weighted by Crippen LogP contribution is 2.16. The summed E-state index contributed by atoms with van der Waals surface area (Å²) in [4.78, 5) is 14.5. The highest BCUT2D eigenvalue weighted by atomic mass is 16.5. The molecular weight excluding hydrogens is 344 g/mol. The van der Waals surface area contributed by atoms with E-state index in [1.807, 2.05) is 43.3 Å². The Morgan fingerprint density at radius 1 is 1.15 bits per heavy atom. The number of aromatic nitrogens is 4. The second-order valence-corrected chi connectivity index (χ2v) is 6.54. The molecule has 0 bridgehead atoms. The number of benzene rings is 1. The lowest BCUT2D eigenvalue weighted by Gasteiger charge is -2.27. The third-order valence-electron chi connectivity index (χ3n) is 4.64. The highest BCUT2D eigenvalue weighted by molar-refractivity contribution is 5.91. The number of rotatable bonds is 5. The minimum absolute atomic E-state index is 0.0506. The maximum Gasteiger partial charge on any atom is 0.224 e. The van der Waals surface area contributed by atoms with Gasteiger partial charge in [0.15, 0.2) is 11.5 Å². The normalized spacial score (nSPS) is 14.5. The number of hydrogen-bond donors (Lipinski definition) is 1. The summed E-state index contributed by atoms with van der Waals surface area (Å²) in [5, 5.41) is 16.0. The molecule has 0 radical (unpaired) electrons. The molecule has 3 heterocycles. The van der Waals surface area contributed by atoms with Crippen molar-refractivity contribution in [2.24, 2.45) is 0 Å². The first-order valence-electron chi connectivity index (χ1n) is 9.10. The molecule has 1 amide bonds. The Morgan fingerprint density at radius 3 is 2.78 bits per heavy atom. The average Bonchev–Trinajstić information content (AvgIpc) is 3.11. The number of anilines is 2. The lowest BCUT2D eigenvalue weighted by molar-refractivity contribution is -0.116. The van der Waals surface area contributed by atoms with Gasteiger partial charge >= 0.3 is 0 Å². The quantitative estimate of drug-likeness (QED) is 0.742. The molecule has 0 spiro atoms. The number of fused-ring (bicyclic) bond motifs is 1. The second-order valence-electron chi connectivity index (χ2n) is 6.54. The fourth-order valence-corrected chi connectivity index (χ4v) is 3.09. The van der Waals surface area contributed by atoms with Gasteiger partial charge in [0, 0.05) is 31.6 Å². The molecule has 0 saturated carbocycles. The molecule has 1 fully saturated rings. The van der Waals surface area contributed by atoms with Gasteiger partial charge < -0.3 is 15.0 Å². The molecule has 27 heavy (non-hydrogen) atoms. The van der Waals surface area contributed by atoms with E-state index in [2.05, 4.69) is 25.5 Å². The van der Waals surface area contributed by atoms with Crippen LogP contribution in [0.5, 0.6) is 0 Å². The summed E-state index contributed by atoms with van der Waals surface area (Å²) in [5.74, 6) is 1.50. The molecular formula is C19H22N6O2. The van der Waals surface area contributed by atoms with Crippen LogP contribution in [-0.4, -0.2) is 52.0 Å². The fourth-order valence-electron chi connectivity index (χ4n) is 3.09. The first kappa shape index (κ1) is 17.4. The van der Waals surface area contributed by atoms with E-state index in [1.54, 1.807) is 4.52 Å². The van der Waals surface area contributed by atoms with Gasteiger partial charge in [-0.1, -0.05) is 18.2 Å². The first-order chi connectivity index (χ1) is 13.2. The largest absolute Gasteiger partial charge is 0.378 e. The fraction of sp³-hybridized carbons (Fsp3) is 0.368. The zero-order valence-corrected chi connectivity index (χ0v) is 15.3. The molecule has 0 atom stereocenters. The number of para-hydroxylation sites is 1. The maximum absolute atomic E-state index is 12.3. The zero-order chi connectivity index (χ0) is 18.6. The highest BCUT2D eigenvalue weighted by Gasteiger charge is 2.15.